The minimum absolute atomic E-state index is 0.0606. The largest absolute Gasteiger partial charge is 0.481 e. The number of piperazine rings is 1. The molecule has 0 radical (unpaired) electrons. The van der Waals surface area contributed by atoms with Crippen LogP contribution in [0.15, 0.2) is 41.1 Å². The molecule has 4 fully saturated rings. The Morgan fingerprint density at radius 3 is 2.29 bits per heavy atom. The zero-order valence-corrected chi connectivity index (χ0v) is 19.0. The van der Waals surface area contributed by atoms with Crippen molar-refractivity contribution in [1.82, 2.24) is 9.97 Å². The van der Waals surface area contributed by atoms with Gasteiger partial charge in [-0.05, 0) is 65.6 Å². The van der Waals surface area contributed by atoms with E-state index in [4.69, 9.17) is 0 Å². The molecule has 2 heterocycles. The van der Waals surface area contributed by atoms with E-state index in [1.165, 1.54) is 5.69 Å². The van der Waals surface area contributed by atoms with Gasteiger partial charge in [0.1, 0.15) is 11.6 Å². The molecule has 31 heavy (non-hydrogen) atoms. The molecule has 3 aliphatic carbocycles. The number of fused-ring (bicyclic) bond motifs is 3. The van der Waals surface area contributed by atoms with Crippen molar-refractivity contribution in [2.24, 2.45) is 17.8 Å². The maximum atomic E-state index is 12.0. The Balaban J connectivity index is 1.30. The summed E-state index contributed by atoms with van der Waals surface area (Å²) in [6.45, 7) is 3.62. The van der Waals surface area contributed by atoms with Gasteiger partial charge < -0.3 is 20.2 Å². The van der Waals surface area contributed by atoms with Crippen molar-refractivity contribution in [3.8, 4) is 0 Å². The van der Waals surface area contributed by atoms with Crippen LogP contribution < -0.4 is 15.1 Å². The van der Waals surface area contributed by atoms with Crippen molar-refractivity contribution >= 4 is 39.2 Å². The van der Waals surface area contributed by atoms with Crippen molar-refractivity contribution in [1.29, 1.82) is 0 Å². The molecule has 2 aromatic rings. The average Bonchev–Trinajstić information content (AvgIpc) is 2.80. The Labute approximate surface area is 191 Å². The smallest absolute Gasteiger partial charge is 0.308 e. The van der Waals surface area contributed by atoms with E-state index in [9.17, 15) is 9.90 Å². The summed E-state index contributed by atoms with van der Waals surface area (Å²) in [6, 6.07) is 12.4. The molecular weight excluding hydrogens is 458 g/mol. The molecule has 4 aliphatic rings. The highest BCUT2D eigenvalue weighted by Gasteiger charge is 2.47. The average molecular weight is 486 g/mol. The van der Waals surface area contributed by atoms with Crippen molar-refractivity contribution in [2.45, 2.75) is 31.7 Å². The van der Waals surface area contributed by atoms with Crippen LogP contribution in [0.25, 0.3) is 0 Å². The Bertz CT molecular complexity index is 927. The van der Waals surface area contributed by atoms with Crippen molar-refractivity contribution < 1.29 is 9.90 Å². The van der Waals surface area contributed by atoms with Gasteiger partial charge in [0.15, 0.2) is 4.73 Å². The van der Waals surface area contributed by atoms with Gasteiger partial charge >= 0.3 is 5.97 Å². The van der Waals surface area contributed by atoms with E-state index in [1.807, 2.05) is 12.1 Å². The molecule has 1 aromatic carbocycles. The quantitative estimate of drug-likeness (QED) is 0.621. The summed E-state index contributed by atoms with van der Waals surface area (Å²) in [5, 5.41) is 13.3. The van der Waals surface area contributed by atoms with Gasteiger partial charge in [0.25, 0.3) is 0 Å². The van der Waals surface area contributed by atoms with Gasteiger partial charge in [0.2, 0.25) is 0 Å². The normalized spacial score (nSPS) is 27.9. The molecule has 1 aliphatic heterocycles. The van der Waals surface area contributed by atoms with Crippen LogP contribution in [0.3, 0.4) is 0 Å². The lowest BCUT2D eigenvalue weighted by atomic mass is 9.61. The number of anilines is 3. The number of aliphatic carboxylic acids is 1. The Kier molecular flexibility index (Phi) is 5.73. The standard InChI is InChI=1S/C23H28BrN5O2/c24-23-26-18(25-21-16-8-6-15(7-9-16)20(21)22(30)31)14-19(27-23)29-12-10-28(11-13-29)17-4-2-1-3-5-17/h1-5,14-16,20-21H,6-13H2,(H,30,31)(H,25,26,27)/t15?,16?,20-,21-/m0/s1. The Hall–Kier alpha value is -2.35. The second kappa shape index (κ2) is 8.65. The van der Waals surface area contributed by atoms with Crippen LogP contribution in [0.5, 0.6) is 0 Å². The van der Waals surface area contributed by atoms with Crippen LogP contribution in [0.2, 0.25) is 0 Å². The molecule has 2 atom stereocenters. The third-order valence-electron chi connectivity index (χ3n) is 7.23. The van der Waals surface area contributed by atoms with Crippen molar-refractivity contribution in [3.05, 3.63) is 41.1 Å². The Morgan fingerprint density at radius 1 is 0.968 bits per heavy atom. The first-order valence-corrected chi connectivity index (χ1v) is 12.0. The number of rotatable bonds is 5. The summed E-state index contributed by atoms with van der Waals surface area (Å²) in [5.74, 6) is 1.25. The molecule has 0 spiro atoms. The third kappa shape index (κ3) is 4.22. The number of carboxylic acid groups (broad SMARTS) is 1. The van der Waals surface area contributed by atoms with Gasteiger partial charge in [-0.1, -0.05) is 18.2 Å². The molecule has 7 nitrogen and oxygen atoms in total. The maximum absolute atomic E-state index is 12.0. The molecular formula is C23H28BrN5O2. The first-order chi connectivity index (χ1) is 15.1. The minimum atomic E-state index is -0.683. The molecule has 2 N–H and O–H groups in total. The molecule has 8 heteroatoms. The first kappa shape index (κ1) is 20.5. The SMILES string of the molecule is O=C(O)[C@H]1C2CCC(CC2)[C@@H]1Nc1cc(N2CCN(c3ccccc3)CC2)nc(Br)n1. The number of halogens is 1. The molecule has 0 amide bonds. The second-order valence-electron chi connectivity index (χ2n) is 8.90. The van der Waals surface area contributed by atoms with Crippen molar-refractivity contribution in [3.63, 3.8) is 0 Å². The van der Waals surface area contributed by atoms with E-state index in [-0.39, 0.29) is 17.9 Å². The molecule has 6 rings (SSSR count). The zero-order chi connectivity index (χ0) is 21.4. The fourth-order valence-electron chi connectivity index (χ4n) is 5.66. The monoisotopic (exact) mass is 485 g/mol. The fourth-order valence-corrected chi connectivity index (χ4v) is 6.03. The summed E-state index contributed by atoms with van der Waals surface area (Å²) in [5.41, 5.74) is 1.25. The molecule has 0 unspecified atom stereocenters. The highest BCUT2D eigenvalue weighted by atomic mass is 79.9. The van der Waals surface area contributed by atoms with E-state index in [0.29, 0.717) is 16.5 Å². The lowest BCUT2D eigenvalue weighted by molar-refractivity contribution is -0.148. The lowest BCUT2D eigenvalue weighted by Crippen LogP contribution is -2.51. The van der Waals surface area contributed by atoms with Crippen LogP contribution in [0.4, 0.5) is 17.3 Å². The van der Waals surface area contributed by atoms with E-state index >= 15 is 0 Å². The number of nitrogens with zero attached hydrogens (tertiary/aromatic N) is 4. The highest BCUT2D eigenvalue weighted by molar-refractivity contribution is 9.10. The van der Waals surface area contributed by atoms with E-state index in [2.05, 4.69) is 65.3 Å². The highest BCUT2D eigenvalue weighted by Crippen LogP contribution is 2.46. The van der Waals surface area contributed by atoms with Gasteiger partial charge in [-0.3, -0.25) is 4.79 Å². The number of nitrogens with one attached hydrogen (secondary N) is 1. The van der Waals surface area contributed by atoms with E-state index in [0.717, 1.165) is 57.7 Å². The number of aromatic nitrogens is 2. The summed E-state index contributed by atoms with van der Waals surface area (Å²) < 4.78 is 0.533. The van der Waals surface area contributed by atoms with Crippen LogP contribution in [-0.2, 0) is 4.79 Å². The first-order valence-electron chi connectivity index (χ1n) is 11.2. The van der Waals surface area contributed by atoms with Gasteiger partial charge in [-0.15, -0.1) is 0 Å². The molecule has 1 aromatic heterocycles. The number of hydrogen-bond donors (Lipinski definition) is 2. The molecule has 2 bridgehead atoms. The molecule has 1 saturated heterocycles. The minimum Gasteiger partial charge on any atom is -0.481 e. The summed E-state index contributed by atoms with van der Waals surface area (Å²) >= 11 is 3.46. The molecule has 164 valence electrons. The predicted molar refractivity (Wildman–Crippen MR) is 125 cm³/mol. The Morgan fingerprint density at radius 2 is 1.61 bits per heavy atom. The second-order valence-corrected chi connectivity index (χ2v) is 9.61. The van der Waals surface area contributed by atoms with Gasteiger partial charge in [0.05, 0.1) is 5.92 Å². The summed E-state index contributed by atoms with van der Waals surface area (Å²) in [7, 11) is 0. The number of carboxylic acids is 1. The third-order valence-corrected chi connectivity index (χ3v) is 7.58. The predicted octanol–water partition coefficient (Wildman–Crippen LogP) is 3.87. The van der Waals surface area contributed by atoms with Gasteiger partial charge in [-0.2, -0.15) is 0 Å². The number of benzene rings is 1. The maximum Gasteiger partial charge on any atom is 0.308 e. The lowest BCUT2D eigenvalue weighted by Gasteiger charge is -2.47. The van der Waals surface area contributed by atoms with E-state index < -0.39 is 5.97 Å². The summed E-state index contributed by atoms with van der Waals surface area (Å²) in [4.78, 5) is 25.8. The number of carbonyl (C=O) groups is 1. The fraction of sp³-hybridized carbons (Fsp3) is 0.522. The van der Waals surface area contributed by atoms with Gasteiger partial charge in [-0.25, -0.2) is 9.97 Å². The van der Waals surface area contributed by atoms with Crippen LogP contribution >= 0.6 is 15.9 Å². The van der Waals surface area contributed by atoms with Crippen LogP contribution in [-0.4, -0.2) is 53.3 Å². The number of hydrogen-bond acceptors (Lipinski definition) is 6. The topological polar surface area (TPSA) is 81.6 Å². The van der Waals surface area contributed by atoms with Crippen LogP contribution in [0, 0.1) is 17.8 Å². The van der Waals surface area contributed by atoms with Gasteiger partial charge in [0, 0.05) is 44.0 Å². The summed E-state index contributed by atoms with van der Waals surface area (Å²) in [6.07, 6.45) is 4.27. The van der Waals surface area contributed by atoms with E-state index in [1.54, 1.807) is 0 Å². The van der Waals surface area contributed by atoms with Crippen molar-refractivity contribution in [2.75, 3.05) is 41.3 Å². The van der Waals surface area contributed by atoms with Crippen LogP contribution in [0.1, 0.15) is 25.7 Å². The molecule has 3 saturated carbocycles. The number of para-hydroxylation sites is 1. The zero-order valence-electron chi connectivity index (χ0n) is 17.5.